The van der Waals surface area contributed by atoms with E-state index in [0.717, 1.165) is 26.6 Å². The van der Waals surface area contributed by atoms with Crippen molar-refractivity contribution in [1.82, 2.24) is 15.2 Å². The number of amides is 2. The molecule has 0 bridgehead atoms. The van der Waals surface area contributed by atoms with E-state index < -0.39 is 28.4 Å². The van der Waals surface area contributed by atoms with Crippen LogP contribution in [0.1, 0.15) is 11.1 Å². The van der Waals surface area contributed by atoms with Crippen molar-refractivity contribution in [3.8, 4) is 11.1 Å². The number of carbonyl (C=O) groups excluding carboxylic acids is 2. The van der Waals surface area contributed by atoms with Crippen LogP contribution in [0.25, 0.3) is 11.1 Å². The first-order valence-electron chi connectivity index (χ1n) is 10.0. The molecule has 2 N–H and O–H groups in total. The fourth-order valence-electron chi connectivity index (χ4n) is 3.03. The Labute approximate surface area is 188 Å². The van der Waals surface area contributed by atoms with Gasteiger partial charge in [0.1, 0.15) is 0 Å². The molecule has 0 atom stereocenters. The van der Waals surface area contributed by atoms with Crippen molar-refractivity contribution in [2.45, 2.75) is 18.2 Å². The summed E-state index contributed by atoms with van der Waals surface area (Å²) >= 11 is 0. The largest absolute Gasteiger partial charge is 0.273 e. The second-order valence-electron chi connectivity index (χ2n) is 7.41. The monoisotopic (exact) mass is 451 g/mol. The smallest absolute Gasteiger partial charge is 0.253 e. The van der Waals surface area contributed by atoms with Crippen LogP contribution in [0.5, 0.6) is 0 Å². The molecule has 0 spiro atoms. The zero-order valence-electron chi connectivity index (χ0n) is 17.9. The zero-order valence-corrected chi connectivity index (χ0v) is 18.7. The Morgan fingerprint density at radius 2 is 1.34 bits per heavy atom. The highest BCUT2D eigenvalue weighted by molar-refractivity contribution is 7.89. The van der Waals surface area contributed by atoms with E-state index >= 15 is 0 Å². The third kappa shape index (κ3) is 6.03. The fourth-order valence-corrected chi connectivity index (χ4v) is 4.16. The summed E-state index contributed by atoms with van der Waals surface area (Å²) in [7, 11) is -2.49. The minimum absolute atomic E-state index is 0.0762. The number of nitrogens with zero attached hydrogens (tertiary/aromatic N) is 1. The Morgan fingerprint density at radius 3 is 1.97 bits per heavy atom. The Balaban J connectivity index is 1.49. The number of likely N-dealkylation sites (N-methyl/N-ethyl adjacent to an activating group) is 1. The highest BCUT2D eigenvalue weighted by Gasteiger charge is 2.23. The summed E-state index contributed by atoms with van der Waals surface area (Å²) in [5.74, 6) is -1.05. The van der Waals surface area contributed by atoms with E-state index in [0.29, 0.717) is 0 Å². The lowest BCUT2D eigenvalue weighted by molar-refractivity contribution is -0.128. The van der Waals surface area contributed by atoms with Gasteiger partial charge in [-0.05, 0) is 35.7 Å². The zero-order chi connectivity index (χ0) is 23.1. The standard InChI is InChI=1S/C24H25N3O4S/c1-18-8-14-22(15-9-18)32(30,31)27(2)17-24(29)26-25-23(28)16-19-10-12-21(13-11-19)20-6-4-3-5-7-20/h3-15H,16-17H2,1-2H3,(H,25,28)(H,26,29). The minimum atomic E-state index is -3.81. The van der Waals surface area contributed by atoms with Gasteiger partial charge in [-0.15, -0.1) is 0 Å². The molecule has 0 aliphatic carbocycles. The van der Waals surface area contributed by atoms with Gasteiger partial charge in [0.15, 0.2) is 0 Å². The molecule has 0 aliphatic heterocycles. The molecule has 3 aromatic carbocycles. The van der Waals surface area contributed by atoms with Gasteiger partial charge in [0.2, 0.25) is 15.9 Å². The van der Waals surface area contributed by atoms with Crippen molar-refractivity contribution < 1.29 is 18.0 Å². The first-order chi connectivity index (χ1) is 15.3. The molecular formula is C24H25N3O4S. The van der Waals surface area contributed by atoms with Gasteiger partial charge >= 0.3 is 0 Å². The number of hydrazine groups is 1. The van der Waals surface area contributed by atoms with Crippen LogP contribution in [0.3, 0.4) is 0 Å². The molecule has 0 radical (unpaired) electrons. The van der Waals surface area contributed by atoms with Crippen molar-refractivity contribution in [1.29, 1.82) is 0 Å². The van der Waals surface area contributed by atoms with Gasteiger partial charge < -0.3 is 0 Å². The molecule has 0 saturated heterocycles. The first-order valence-corrected chi connectivity index (χ1v) is 11.4. The summed E-state index contributed by atoms with van der Waals surface area (Å²) < 4.78 is 26.0. The minimum Gasteiger partial charge on any atom is -0.273 e. The lowest BCUT2D eigenvalue weighted by Gasteiger charge is -2.17. The quantitative estimate of drug-likeness (QED) is 0.540. The van der Waals surface area contributed by atoms with E-state index in [9.17, 15) is 18.0 Å². The van der Waals surface area contributed by atoms with E-state index in [2.05, 4.69) is 10.9 Å². The second kappa shape index (κ2) is 10.2. The number of carbonyl (C=O) groups is 2. The van der Waals surface area contributed by atoms with Crippen LogP contribution in [0.4, 0.5) is 0 Å². The maximum absolute atomic E-state index is 12.5. The Kier molecular flexibility index (Phi) is 7.40. The van der Waals surface area contributed by atoms with Crippen LogP contribution in [0.2, 0.25) is 0 Å². The Hall–Kier alpha value is -3.49. The Morgan fingerprint density at radius 1 is 0.781 bits per heavy atom. The third-order valence-electron chi connectivity index (χ3n) is 4.86. The van der Waals surface area contributed by atoms with Crippen LogP contribution in [-0.2, 0) is 26.0 Å². The molecule has 0 heterocycles. The number of hydrogen-bond acceptors (Lipinski definition) is 4. The molecule has 0 aliphatic rings. The maximum atomic E-state index is 12.5. The lowest BCUT2D eigenvalue weighted by atomic mass is 10.0. The number of nitrogens with one attached hydrogen (secondary N) is 2. The van der Waals surface area contributed by atoms with Gasteiger partial charge in [0.05, 0.1) is 17.9 Å². The van der Waals surface area contributed by atoms with Gasteiger partial charge in [-0.1, -0.05) is 72.3 Å². The summed E-state index contributed by atoms with van der Waals surface area (Å²) in [6, 6.07) is 23.8. The molecule has 3 rings (SSSR count). The number of sulfonamides is 1. The van der Waals surface area contributed by atoms with Crippen LogP contribution in [0, 0.1) is 6.92 Å². The SMILES string of the molecule is Cc1ccc(S(=O)(=O)N(C)CC(=O)NNC(=O)Cc2ccc(-c3ccccc3)cc2)cc1. The number of hydrogen-bond donors (Lipinski definition) is 2. The molecular weight excluding hydrogens is 426 g/mol. The molecule has 0 aromatic heterocycles. The predicted octanol–water partition coefficient (Wildman–Crippen LogP) is 2.67. The van der Waals surface area contributed by atoms with Crippen LogP contribution in [0.15, 0.2) is 83.8 Å². The van der Waals surface area contributed by atoms with E-state index in [1.165, 1.54) is 19.2 Å². The summed E-state index contributed by atoms with van der Waals surface area (Å²) in [5.41, 5.74) is 8.43. The third-order valence-corrected chi connectivity index (χ3v) is 6.68. The molecule has 0 unspecified atom stereocenters. The number of benzene rings is 3. The van der Waals surface area contributed by atoms with Crippen molar-refractivity contribution in [2.24, 2.45) is 0 Å². The van der Waals surface area contributed by atoms with E-state index in [-0.39, 0.29) is 11.3 Å². The molecule has 3 aromatic rings. The summed E-state index contributed by atoms with van der Waals surface area (Å²) in [5, 5.41) is 0. The summed E-state index contributed by atoms with van der Waals surface area (Å²) in [6.07, 6.45) is 0.0762. The van der Waals surface area contributed by atoms with Gasteiger partial charge in [-0.2, -0.15) is 4.31 Å². The molecule has 166 valence electrons. The average Bonchev–Trinajstić information content (AvgIpc) is 2.79. The maximum Gasteiger partial charge on any atom is 0.253 e. The molecule has 8 heteroatoms. The van der Waals surface area contributed by atoms with Gasteiger partial charge in [0.25, 0.3) is 5.91 Å². The predicted molar refractivity (Wildman–Crippen MR) is 123 cm³/mol. The molecule has 0 saturated carbocycles. The molecule has 0 fully saturated rings. The van der Waals surface area contributed by atoms with Crippen LogP contribution in [-0.4, -0.2) is 38.1 Å². The van der Waals surface area contributed by atoms with Crippen molar-refractivity contribution in [3.63, 3.8) is 0 Å². The average molecular weight is 452 g/mol. The number of rotatable bonds is 7. The summed E-state index contributed by atoms with van der Waals surface area (Å²) in [6.45, 7) is 1.43. The lowest BCUT2D eigenvalue weighted by Crippen LogP contribution is -2.47. The van der Waals surface area contributed by atoms with Crippen LogP contribution < -0.4 is 10.9 Å². The normalized spacial score (nSPS) is 11.2. The van der Waals surface area contributed by atoms with Gasteiger partial charge in [-0.3, -0.25) is 20.4 Å². The van der Waals surface area contributed by atoms with Crippen molar-refractivity contribution in [3.05, 3.63) is 90.0 Å². The Bertz CT molecular complexity index is 1180. The first kappa shape index (κ1) is 23.2. The molecule has 32 heavy (non-hydrogen) atoms. The van der Waals surface area contributed by atoms with E-state index in [4.69, 9.17) is 0 Å². The van der Waals surface area contributed by atoms with Gasteiger partial charge in [0, 0.05) is 7.05 Å². The van der Waals surface area contributed by atoms with E-state index in [1.807, 2.05) is 61.5 Å². The highest BCUT2D eigenvalue weighted by atomic mass is 32.2. The summed E-state index contributed by atoms with van der Waals surface area (Å²) in [4.78, 5) is 24.4. The van der Waals surface area contributed by atoms with Crippen LogP contribution >= 0.6 is 0 Å². The van der Waals surface area contributed by atoms with Gasteiger partial charge in [-0.25, -0.2) is 8.42 Å². The van der Waals surface area contributed by atoms with Crippen molar-refractivity contribution >= 4 is 21.8 Å². The topological polar surface area (TPSA) is 95.6 Å². The molecule has 2 amide bonds. The molecule has 7 nitrogen and oxygen atoms in total. The highest BCUT2D eigenvalue weighted by Crippen LogP contribution is 2.19. The second-order valence-corrected chi connectivity index (χ2v) is 9.46. The van der Waals surface area contributed by atoms with E-state index in [1.54, 1.807) is 12.1 Å². The fraction of sp³-hybridized carbons (Fsp3) is 0.167. The van der Waals surface area contributed by atoms with Crippen molar-refractivity contribution in [2.75, 3.05) is 13.6 Å². The number of aryl methyl sites for hydroxylation is 1.